The fraction of sp³-hybridized carbons (Fsp3) is 0.200. The second-order valence-corrected chi connectivity index (χ2v) is 6.06. The van der Waals surface area contributed by atoms with E-state index in [1.807, 2.05) is 83.0 Å². The molecule has 0 unspecified atom stereocenters. The highest BCUT2D eigenvalue weighted by Gasteiger charge is 2.12. The summed E-state index contributed by atoms with van der Waals surface area (Å²) in [6.45, 7) is 6.11. The lowest BCUT2D eigenvalue weighted by molar-refractivity contribution is -0.692. The minimum Gasteiger partial charge on any atom is -0.237 e. The summed E-state index contributed by atoms with van der Waals surface area (Å²) in [6, 6.07) is 12.0. The first-order valence-electron chi connectivity index (χ1n) is 8.86. The van der Waals surface area contributed by atoms with Crippen molar-refractivity contribution in [2.75, 3.05) is 0 Å². The summed E-state index contributed by atoms with van der Waals surface area (Å²) in [5.74, 6) is 1.76. The molecule has 4 aromatic rings. The molecule has 0 bridgehead atoms. The molecule has 0 aromatic carbocycles. The van der Waals surface area contributed by atoms with Gasteiger partial charge in [-0.15, -0.1) is 0 Å². The summed E-state index contributed by atoms with van der Waals surface area (Å²) < 4.78 is 8.27. The van der Waals surface area contributed by atoms with E-state index in [9.17, 15) is 0 Å². The average Bonchev–Trinajstić information content (AvgIpc) is 3.37. The third kappa shape index (κ3) is 3.13. The molecule has 130 valence electrons. The van der Waals surface area contributed by atoms with E-state index in [4.69, 9.17) is 9.97 Å². The fourth-order valence-electron chi connectivity index (χ4n) is 2.85. The molecule has 0 saturated heterocycles. The van der Waals surface area contributed by atoms with Gasteiger partial charge in [0, 0.05) is 12.1 Å². The Morgan fingerprint density at radius 1 is 0.731 bits per heavy atom. The number of imidazole rings is 2. The summed E-state index contributed by atoms with van der Waals surface area (Å²) in [6.07, 6.45) is 12.2. The van der Waals surface area contributed by atoms with E-state index in [1.54, 1.807) is 0 Å². The average molecular weight is 346 g/mol. The first kappa shape index (κ1) is 16.2. The predicted octanol–water partition coefficient (Wildman–Crippen LogP) is 2.34. The molecule has 0 saturated carbocycles. The van der Waals surface area contributed by atoms with Crippen molar-refractivity contribution in [2.24, 2.45) is 0 Å². The van der Waals surface area contributed by atoms with Gasteiger partial charge in [0.05, 0.1) is 24.5 Å². The molecule has 0 aliphatic carbocycles. The Kier molecular flexibility index (Phi) is 4.31. The van der Waals surface area contributed by atoms with Gasteiger partial charge in [-0.05, 0) is 26.0 Å². The van der Waals surface area contributed by atoms with E-state index in [0.717, 1.165) is 36.1 Å². The van der Waals surface area contributed by atoms with Gasteiger partial charge in [-0.25, -0.2) is 19.1 Å². The van der Waals surface area contributed by atoms with Crippen molar-refractivity contribution < 1.29 is 9.13 Å². The summed E-state index contributed by atoms with van der Waals surface area (Å²) in [7, 11) is 0. The van der Waals surface area contributed by atoms with Gasteiger partial charge in [0.15, 0.2) is 0 Å². The summed E-state index contributed by atoms with van der Waals surface area (Å²) in [5, 5.41) is 0. The molecule has 0 N–H and O–H groups in total. The zero-order valence-corrected chi connectivity index (χ0v) is 15.0. The van der Waals surface area contributed by atoms with Gasteiger partial charge in [0.25, 0.3) is 0 Å². The van der Waals surface area contributed by atoms with Crippen LogP contribution < -0.4 is 9.13 Å². The monoisotopic (exact) mass is 346 g/mol. The lowest BCUT2D eigenvalue weighted by Gasteiger charge is -2.03. The van der Waals surface area contributed by atoms with Crippen LogP contribution >= 0.6 is 0 Å². The zero-order chi connectivity index (χ0) is 17.9. The second-order valence-electron chi connectivity index (χ2n) is 6.06. The SMILES string of the molecule is CC[n+]1ccn(-c2cccc(-c3cccc(-n4cc[n+](CC)c4)n3)n2)c1. The molecular weight excluding hydrogens is 324 g/mol. The Bertz CT molecular complexity index is 946. The topological polar surface area (TPSA) is 43.4 Å². The first-order chi connectivity index (χ1) is 12.8. The maximum absolute atomic E-state index is 4.79. The van der Waals surface area contributed by atoms with Crippen molar-refractivity contribution >= 4 is 0 Å². The molecule has 4 aromatic heterocycles. The van der Waals surface area contributed by atoms with E-state index >= 15 is 0 Å². The standard InChI is InChI=1S/C20H22N6/c1-3-23-11-13-25(15-23)19-9-5-7-17(21-19)18-8-6-10-20(22-18)26-14-12-24(4-2)16-26/h5-16H,3-4H2,1-2H3/q+2. The van der Waals surface area contributed by atoms with Gasteiger partial charge in [-0.1, -0.05) is 12.1 Å². The number of rotatable bonds is 5. The molecule has 4 heterocycles. The number of hydrogen-bond acceptors (Lipinski definition) is 2. The van der Waals surface area contributed by atoms with Crippen LogP contribution in [0.5, 0.6) is 0 Å². The lowest BCUT2D eigenvalue weighted by Crippen LogP contribution is -2.28. The van der Waals surface area contributed by atoms with Crippen molar-refractivity contribution in [1.29, 1.82) is 0 Å². The molecule has 0 aliphatic rings. The molecule has 0 atom stereocenters. The highest BCUT2D eigenvalue weighted by Crippen LogP contribution is 2.18. The van der Waals surface area contributed by atoms with Crippen LogP contribution in [0.1, 0.15) is 13.8 Å². The molecule has 26 heavy (non-hydrogen) atoms. The molecule has 0 amide bonds. The number of hydrogen-bond donors (Lipinski definition) is 0. The maximum Gasteiger partial charge on any atom is 0.250 e. The quantitative estimate of drug-likeness (QED) is 0.521. The number of aryl methyl sites for hydroxylation is 2. The Labute approximate surface area is 152 Å². The molecule has 0 fully saturated rings. The van der Waals surface area contributed by atoms with Crippen LogP contribution in [0.25, 0.3) is 23.0 Å². The molecule has 0 spiro atoms. The molecule has 6 nitrogen and oxygen atoms in total. The smallest absolute Gasteiger partial charge is 0.237 e. The highest BCUT2D eigenvalue weighted by atomic mass is 15.2. The fourth-order valence-corrected chi connectivity index (χ4v) is 2.85. The number of aromatic nitrogens is 6. The van der Waals surface area contributed by atoms with Crippen LogP contribution in [0.15, 0.2) is 73.8 Å². The van der Waals surface area contributed by atoms with Crippen LogP contribution in [0.2, 0.25) is 0 Å². The lowest BCUT2D eigenvalue weighted by atomic mass is 10.2. The molecule has 6 heteroatoms. The minimum atomic E-state index is 0.858. The van der Waals surface area contributed by atoms with Crippen molar-refractivity contribution in [2.45, 2.75) is 26.9 Å². The van der Waals surface area contributed by atoms with Gasteiger partial charge in [-0.3, -0.25) is 0 Å². The summed E-state index contributed by atoms with van der Waals surface area (Å²) in [4.78, 5) is 9.58. The molecule has 0 radical (unpaired) electrons. The third-order valence-corrected chi connectivity index (χ3v) is 4.37. The van der Waals surface area contributed by atoms with Crippen molar-refractivity contribution in [3.8, 4) is 23.0 Å². The second kappa shape index (κ2) is 6.92. The number of pyridine rings is 2. The van der Waals surface area contributed by atoms with Gasteiger partial charge in [0.2, 0.25) is 24.3 Å². The molecule has 0 aliphatic heterocycles. The summed E-state index contributed by atoms with van der Waals surface area (Å²) >= 11 is 0. The Morgan fingerprint density at radius 3 is 1.58 bits per heavy atom. The van der Waals surface area contributed by atoms with E-state index in [-0.39, 0.29) is 0 Å². The zero-order valence-electron chi connectivity index (χ0n) is 15.0. The Morgan fingerprint density at radius 2 is 1.19 bits per heavy atom. The minimum absolute atomic E-state index is 0.858. The van der Waals surface area contributed by atoms with E-state index in [1.165, 1.54) is 0 Å². The van der Waals surface area contributed by atoms with Crippen LogP contribution in [-0.2, 0) is 13.1 Å². The number of nitrogens with zero attached hydrogens (tertiary/aromatic N) is 6. The van der Waals surface area contributed by atoms with Crippen LogP contribution in [0.4, 0.5) is 0 Å². The van der Waals surface area contributed by atoms with Crippen LogP contribution in [0.3, 0.4) is 0 Å². The van der Waals surface area contributed by atoms with Crippen molar-refractivity contribution in [3.63, 3.8) is 0 Å². The highest BCUT2D eigenvalue weighted by molar-refractivity contribution is 5.56. The van der Waals surface area contributed by atoms with E-state index in [2.05, 4.69) is 23.0 Å². The normalized spacial score (nSPS) is 11.0. The van der Waals surface area contributed by atoms with Crippen LogP contribution in [-0.4, -0.2) is 19.1 Å². The van der Waals surface area contributed by atoms with E-state index in [0.29, 0.717) is 0 Å². The Hall–Kier alpha value is -3.28. The van der Waals surface area contributed by atoms with Gasteiger partial charge in [-0.2, -0.15) is 9.13 Å². The first-order valence-corrected chi connectivity index (χ1v) is 8.86. The predicted molar refractivity (Wildman–Crippen MR) is 97.9 cm³/mol. The largest absolute Gasteiger partial charge is 0.250 e. The van der Waals surface area contributed by atoms with Crippen molar-refractivity contribution in [3.05, 3.63) is 73.8 Å². The van der Waals surface area contributed by atoms with Gasteiger partial charge < -0.3 is 0 Å². The van der Waals surface area contributed by atoms with E-state index < -0.39 is 0 Å². The molecular formula is C20H22N6+2. The van der Waals surface area contributed by atoms with Gasteiger partial charge in [0.1, 0.15) is 24.8 Å². The Balaban J connectivity index is 1.69. The van der Waals surface area contributed by atoms with Crippen LogP contribution in [0, 0.1) is 0 Å². The summed E-state index contributed by atoms with van der Waals surface area (Å²) in [5.41, 5.74) is 1.72. The van der Waals surface area contributed by atoms with Crippen molar-refractivity contribution in [1.82, 2.24) is 19.1 Å². The van der Waals surface area contributed by atoms with Gasteiger partial charge >= 0.3 is 0 Å². The maximum atomic E-state index is 4.79. The molecule has 4 rings (SSSR count). The third-order valence-electron chi connectivity index (χ3n) is 4.37.